The topological polar surface area (TPSA) is 37.3 Å². The highest BCUT2D eigenvalue weighted by Crippen LogP contribution is 2.41. The Morgan fingerprint density at radius 3 is 0.913 bits per heavy atom. The van der Waals surface area contributed by atoms with Crippen molar-refractivity contribution in [2.75, 3.05) is 0 Å². The van der Waals surface area contributed by atoms with Gasteiger partial charge in [0.2, 0.25) is 0 Å². The van der Waals surface area contributed by atoms with Crippen LogP contribution in [0, 0.1) is 11.3 Å². The van der Waals surface area contributed by atoms with Crippen LogP contribution < -0.4 is 0 Å². The molecule has 2 heteroatoms. The molecule has 0 heterocycles. The molecule has 0 aliphatic heterocycles. The number of unbranched alkanes of at least 4 members (excludes halogenated alkanes) is 29. The summed E-state index contributed by atoms with van der Waals surface area (Å²) in [5, 5.41) is 10.6. The fourth-order valence-corrected chi connectivity index (χ4v) is 7.80. The molecule has 0 bridgehead atoms. The van der Waals surface area contributed by atoms with Crippen molar-refractivity contribution in [3.63, 3.8) is 0 Å². The van der Waals surface area contributed by atoms with Crippen LogP contribution >= 0.6 is 0 Å². The summed E-state index contributed by atoms with van der Waals surface area (Å²) in [7, 11) is 0. The quantitative estimate of drug-likeness (QED) is 0.0673. The zero-order valence-corrected chi connectivity index (χ0v) is 32.6. The zero-order chi connectivity index (χ0) is 33.8. The summed E-state index contributed by atoms with van der Waals surface area (Å²) in [4.78, 5) is 12.9. The van der Waals surface area contributed by atoms with Gasteiger partial charge in [-0.25, -0.2) is 0 Å². The second kappa shape index (κ2) is 35.8. The molecule has 0 fully saturated rings. The molecule has 0 aromatic heterocycles. The van der Waals surface area contributed by atoms with E-state index in [2.05, 4.69) is 27.7 Å². The molecule has 2 atom stereocenters. The predicted molar refractivity (Wildman–Crippen MR) is 207 cm³/mol. The Balaban J connectivity index is 4.27. The fraction of sp³-hybridized carbons (Fsp3) is 0.977. The highest BCUT2D eigenvalue weighted by molar-refractivity contribution is 5.74. The Hall–Kier alpha value is -0.530. The van der Waals surface area contributed by atoms with Crippen molar-refractivity contribution in [3.8, 4) is 0 Å². The minimum atomic E-state index is -0.488. The number of hydrogen-bond donors (Lipinski definition) is 1. The number of aliphatic carboxylic acids is 1. The van der Waals surface area contributed by atoms with Crippen LogP contribution in [0.2, 0.25) is 0 Å². The molecule has 0 amide bonds. The summed E-state index contributed by atoms with van der Waals surface area (Å²) < 4.78 is 0. The van der Waals surface area contributed by atoms with Crippen molar-refractivity contribution in [3.05, 3.63) is 0 Å². The summed E-state index contributed by atoms with van der Waals surface area (Å²) in [6.07, 6.45) is 48.5. The second-order valence-corrected chi connectivity index (χ2v) is 15.6. The lowest BCUT2D eigenvalue weighted by Gasteiger charge is -2.33. The predicted octanol–water partition coefficient (Wildman–Crippen LogP) is 16.2. The minimum Gasteiger partial charge on any atom is -0.481 e. The van der Waals surface area contributed by atoms with Gasteiger partial charge in [-0.2, -0.15) is 0 Å². The lowest BCUT2D eigenvalue weighted by Crippen LogP contribution is -2.33. The highest BCUT2D eigenvalue weighted by Gasteiger charge is 2.38. The summed E-state index contributed by atoms with van der Waals surface area (Å²) >= 11 is 0. The van der Waals surface area contributed by atoms with E-state index in [4.69, 9.17) is 0 Å². The molecule has 0 radical (unpaired) electrons. The fourth-order valence-electron chi connectivity index (χ4n) is 7.80. The summed E-state index contributed by atoms with van der Waals surface area (Å²) in [5.74, 6) is 0.0851. The Morgan fingerprint density at radius 1 is 0.413 bits per heavy atom. The first-order valence-corrected chi connectivity index (χ1v) is 21.8. The van der Waals surface area contributed by atoms with Crippen LogP contribution in [0.25, 0.3) is 0 Å². The number of rotatable bonds is 39. The van der Waals surface area contributed by atoms with Crippen molar-refractivity contribution >= 4 is 5.97 Å². The summed E-state index contributed by atoms with van der Waals surface area (Å²) in [6.45, 7) is 9.14. The first kappa shape index (κ1) is 45.5. The van der Waals surface area contributed by atoms with Gasteiger partial charge in [-0.1, -0.05) is 246 Å². The van der Waals surface area contributed by atoms with E-state index in [0.717, 1.165) is 38.5 Å². The lowest BCUT2D eigenvalue weighted by molar-refractivity contribution is -0.151. The van der Waals surface area contributed by atoms with E-state index in [9.17, 15) is 9.90 Å². The molecule has 0 aliphatic carbocycles. The number of carbonyl (C=O) groups is 1. The van der Waals surface area contributed by atoms with Gasteiger partial charge >= 0.3 is 5.97 Å². The molecule has 276 valence electrons. The molecule has 0 saturated heterocycles. The molecule has 0 aromatic carbocycles. The van der Waals surface area contributed by atoms with Gasteiger partial charge in [0.25, 0.3) is 0 Å². The molecule has 0 aliphatic rings. The van der Waals surface area contributed by atoms with Crippen LogP contribution in [0.4, 0.5) is 0 Å². The highest BCUT2D eigenvalue weighted by atomic mass is 16.4. The van der Waals surface area contributed by atoms with E-state index in [1.165, 1.54) is 199 Å². The van der Waals surface area contributed by atoms with Crippen molar-refractivity contribution in [2.24, 2.45) is 11.3 Å². The van der Waals surface area contributed by atoms with E-state index < -0.39 is 11.4 Å². The average molecular weight is 649 g/mol. The maximum atomic E-state index is 12.9. The standard InChI is InChI=1S/C44H88O2/c1-5-9-12-14-16-18-20-22-24-25-27-29-31-33-35-37-40-44(43(45)46,41-42(8-4)38-11-7-3)39-36-34-32-30-28-26-23-21-19-17-15-13-10-6-2/h42H,5-41H2,1-4H3,(H,45,46). The summed E-state index contributed by atoms with van der Waals surface area (Å²) in [5.41, 5.74) is -0.485. The van der Waals surface area contributed by atoms with Gasteiger partial charge in [0.1, 0.15) is 0 Å². The molecule has 0 spiro atoms. The first-order valence-electron chi connectivity index (χ1n) is 21.8. The largest absolute Gasteiger partial charge is 0.481 e. The van der Waals surface area contributed by atoms with E-state index in [1.807, 2.05) is 0 Å². The molecule has 2 unspecified atom stereocenters. The van der Waals surface area contributed by atoms with Crippen molar-refractivity contribution in [1.82, 2.24) is 0 Å². The second-order valence-electron chi connectivity index (χ2n) is 15.6. The maximum Gasteiger partial charge on any atom is 0.309 e. The van der Waals surface area contributed by atoms with E-state index in [1.54, 1.807) is 0 Å². The number of carboxylic acid groups (broad SMARTS) is 1. The Bertz CT molecular complexity index is 601. The third kappa shape index (κ3) is 28.5. The van der Waals surface area contributed by atoms with Crippen LogP contribution in [0.15, 0.2) is 0 Å². The van der Waals surface area contributed by atoms with Crippen LogP contribution in [0.1, 0.15) is 265 Å². The maximum absolute atomic E-state index is 12.9. The van der Waals surface area contributed by atoms with E-state index in [-0.39, 0.29) is 0 Å². The van der Waals surface area contributed by atoms with Gasteiger partial charge in [-0.15, -0.1) is 0 Å². The zero-order valence-electron chi connectivity index (χ0n) is 32.6. The Labute approximate surface area is 291 Å². The lowest BCUT2D eigenvalue weighted by atomic mass is 9.70. The molecular formula is C44H88O2. The van der Waals surface area contributed by atoms with Crippen molar-refractivity contribution in [1.29, 1.82) is 0 Å². The monoisotopic (exact) mass is 649 g/mol. The molecule has 2 nitrogen and oxygen atoms in total. The number of carboxylic acids is 1. The molecule has 0 rings (SSSR count). The smallest absolute Gasteiger partial charge is 0.309 e. The average Bonchev–Trinajstić information content (AvgIpc) is 3.06. The molecule has 0 aromatic rings. The Morgan fingerprint density at radius 2 is 0.674 bits per heavy atom. The molecule has 1 N–H and O–H groups in total. The van der Waals surface area contributed by atoms with Gasteiger partial charge in [0, 0.05) is 0 Å². The van der Waals surface area contributed by atoms with E-state index in [0.29, 0.717) is 5.92 Å². The third-order valence-corrected chi connectivity index (χ3v) is 11.2. The SMILES string of the molecule is CCCCCCCCCCCCCCCCCCC(CCCCCCCCCCCCCCCC)(CC(CC)CCCC)C(=O)O. The minimum absolute atomic E-state index is 0.485. The van der Waals surface area contributed by atoms with Gasteiger partial charge in [-0.3, -0.25) is 4.79 Å². The normalized spacial score (nSPS) is 13.7. The molecular weight excluding hydrogens is 560 g/mol. The van der Waals surface area contributed by atoms with Crippen LogP contribution in [-0.2, 0) is 4.79 Å². The van der Waals surface area contributed by atoms with Crippen molar-refractivity contribution in [2.45, 2.75) is 265 Å². The van der Waals surface area contributed by atoms with E-state index >= 15 is 0 Å². The Kier molecular flexibility index (Phi) is 35.4. The third-order valence-electron chi connectivity index (χ3n) is 11.2. The van der Waals surface area contributed by atoms with Crippen LogP contribution in [0.3, 0.4) is 0 Å². The summed E-state index contributed by atoms with van der Waals surface area (Å²) in [6, 6.07) is 0. The van der Waals surface area contributed by atoms with Gasteiger partial charge < -0.3 is 5.11 Å². The van der Waals surface area contributed by atoms with Crippen molar-refractivity contribution < 1.29 is 9.90 Å². The van der Waals surface area contributed by atoms with Crippen LogP contribution in [0.5, 0.6) is 0 Å². The van der Waals surface area contributed by atoms with Crippen LogP contribution in [-0.4, -0.2) is 11.1 Å². The first-order chi connectivity index (χ1) is 22.6. The molecule has 0 saturated carbocycles. The number of hydrogen-bond acceptors (Lipinski definition) is 1. The molecule has 46 heavy (non-hydrogen) atoms. The van der Waals surface area contributed by atoms with Gasteiger partial charge in [-0.05, 0) is 25.2 Å². The van der Waals surface area contributed by atoms with Gasteiger partial charge in [0.15, 0.2) is 0 Å². The van der Waals surface area contributed by atoms with Gasteiger partial charge in [0.05, 0.1) is 5.41 Å².